The van der Waals surface area contributed by atoms with Crippen LogP contribution in [0, 0.1) is 6.92 Å². The van der Waals surface area contributed by atoms with E-state index in [0.29, 0.717) is 0 Å². The molecule has 1 aromatic heterocycles. The Kier molecular flexibility index (Phi) is 3.31. The van der Waals surface area contributed by atoms with Gasteiger partial charge in [-0.1, -0.05) is 17.7 Å². The van der Waals surface area contributed by atoms with Crippen molar-refractivity contribution < 1.29 is 12.6 Å². The van der Waals surface area contributed by atoms with Gasteiger partial charge >= 0.3 is 0 Å². The average molecular weight is 251 g/mol. The fourth-order valence-corrected chi connectivity index (χ4v) is 2.26. The molecular formula is C12H13NO3S. The predicted octanol–water partition coefficient (Wildman–Crippen LogP) is 2.23. The van der Waals surface area contributed by atoms with Crippen LogP contribution in [0.1, 0.15) is 11.3 Å². The van der Waals surface area contributed by atoms with Gasteiger partial charge in [-0.25, -0.2) is 0 Å². The lowest BCUT2D eigenvalue weighted by molar-refractivity contribution is 0.304. The molecule has 1 aromatic carbocycles. The molecule has 0 aliphatic heterocycles. The Morgan fingerprint density at radius 1 is 1.18 bits per heavy atom. The smallest absolute Gasteiger partial charge is 0.297 e. The van der Waals surface area contributed by atoms with Gasteiger partial charge in [0.25, 0.3) is 10.1 Å². The molecule has 0 unspecified atom stereocenters. The van der Waals surface area contributed by atoms with Crippen LogP contribution in [0.5, 0.6) is 0 Å². The van der Waals surface area contributed by atoms with Crippen molar-refractivity contribution in [3.05, 3.63) is 53.9 Å². The molecule has 0 spiro atoms. The van der Waals surface area contributed by atoms with Crippen molar-refractivity contribution in [3.8, 4) is 0 Å². The standard InChI is InChI=1S/C12H13NO3S/c1-10-4-6-12(7-5-10)17(14,15)16-9-11-3-2-8-13-11/h2-8,13H,9H2,1H3. The summed E-state index contributed by atoms with van der Waals surface area (Å²) in [6.07, 6.45) is 1.72. The molecule has 0 bridgehead atoms. The molecule has 0 aliphatic rings. The van der Waals surface area contributed by atoms with Crippen LogP contribution in [0.3, 0.4) is 0 Å². The van der Waals surface area contributed by atoms with Crippen molar-refractivity contribution in [1.82, 2.24) is 4.98 Å². The summed E-state index contributed by atoms with van der Waals surface area (Å²) in [7, 11) is -3.67. The first-order valence-corrected chi connectivity index (χ1v) is 6.57. The molecule has 2 rings (SSSR count). The zero-order valence-corrected chi connectivity index (χ0v) is 10.2. The molecular weight excluding hydrogens is 238 g/mol. The predicted molar refractivity (Wildman–Crippen MR) is 63.9 cm³/mol. The van der Waals surface area contributed by atoms with Crippen LogP contribution < -0.4 is 0 Å². The summed E-state index contributed by atoms with van der Waals surface area (Å²) in [4.78, 5) is 3.06. The average Bonchev–Trinajstić information content (AvgIpc) is 2.80. The second kappa shape index (κ2) is 4.73. The van der Waals surface area contributed by atoms with E-state index in [2.05, 4.69) is 4.98 Å². The number of aromatic amines is 1. The van der Waals surface area contributed by atoms with Gasteiger partial charge in [0.05, 0.1) is 4.90 Å². The largest absolute Gasteiger partial charge is 0.363 e. The molecule has 4 nitrogen and oxygen atoms in total. The van der Waals surface area contributed by atoms with Gasteiger partial charge < -0.3 is 4.98 Å². The molecule has 1 heterocycles. The maximum atomic E-state index is 11.8. The van der Waals surface area contributed by atoms with Gasteiger partial charge in [-0.15, -0.1) is 0 Å². The number of rotatable bonds is 4. The summed E-state index contributed by atoms with van der Waals surface area (Å²) in [5, 5.41) is 0. The highest BCUT2D eigenvalue weighted by Crippen LogP contribution is 2.14. The van der Waals surface area contributed by atoms with Gasteiger partial charge in [-0.3, -0.25) is 4.18 Å². The van der Waals surface area contributed by atoms with Crippen molar-refractivity contribution in [2.45, 2.75) is 18.4 Å². The van der Waals surface area contributed by atoms with Crippen molar-refractivity contribution >= 4 is 10.1 Å². The molecule has 1 N–H and O–H groups in total. The molecule has 5 heteroatoms. The zero-order chi connectivity index (χ0) is 12.3. The van der Waals surface area contributed by atoms with E-state index in [1.165, 1.54) is 0 Å². The summed E-state index contributed by atoms with van der Waals surface area (Å²) in [6, 6.07) is 10.1. The Labute approximate surface area is 100 Å². The zero-order valence-electron chi connectivity index (χ0n) is 9.38. The Hall–Kier alpha value is -1.59. The van der Waals surface area contributed by atoms with Gasteiger partial charge in [-0.2, -0.15) is 8.42 Å². The highest BCUT2D eigenvalue weighted by atomic mass is 32.2. The number of aryl methyl sites for hydroxylation is 1. The number of aromatic nitrogens is 1. The van der Waals surface area contributed by atoms with Crippen molar-refractivity contribution in [2.75, 3.05) is 0 Å². The third-order valence-corrected chi connectivity index (χ3v) is 3.62. The number of hydrogen-bond acceptors (Lipinski definition) is 3. The number of benzene rings is 1. The van der Waals surface area contributed by atoms with Crippen LogP contribution >= 0.6 is 0 Å². The first kappa shape index (κ1) is 11.9. The van der Waals surface area contributed by atoms with Crippen LogP contribution in [0.15, 0.2) is 47.5 Å². The third-order valence-electron chi connectivity index (χ3n) is 2.34. The molecule has 0 amide bonds. The molecule has 2 aromatic rings. The lowest BCUT2D eigenvalue weighted by Crippen LogP contribution is -2.06. The topological polar surface area (TPSA) is 59.2 Å². The number of H-pyrrole nitrogens is 1. The van der Waals surface area contributed by atoms with E-state index < -0.39 is 10.1 Å². The minimum atomic E-state index is -3.67. The molecule has 90 valence electrons. The number of hydrogen-bond donors (Lipinski definition) is 1. The maximum absolute atomic E-state index is 11.8. The quantitative estimate of drug-likeness (QED) is 0.848. The Morgan fingerprint density at radius 3 is 2.47 bits per heavy atom. The van der Waals surface area contributed by atoms with Crippen LogP contribution in [0.2, 0.25) is 0 Å². The highest BCUT2D eigenvalue weighted by Gasteiger charge is 2.14. The van der Waals surface area contributed by atoms with Crippen molar-refractivity contribution in [1.29, 1.82) is 0 Å². The second-order valence-electron chi connectivity index (χ2n) is 3.72. The van der Waals surface area contributed by atoms with E-state index in [-0.39, 0.29) is 11.5 Å². The second-order valence-corrected chi connectivity index (χ2v) is 5.34. The van der Waals surface area contributed by atoms with Gasteiger partial charge in [0.1, 0.15) is 6.61 Å². The van der Waals surface area contributed by atoms with Crippen LogP contribution in [0.25, 0.3) is 0 Å². The summed E-state index contributed by atoms with van der Waals surface area (Å²) >= 11 is 0. The maximum Gasteiger partial charge on any atom is 0.297 e. The van der Waals surface area contributed by atoms with E-state index in [9.17, 15) is 8.42 Å². The first-order valence-electron chi connectivity index (χ1n) is 5.16. The Bertz CT molecular complexity index is 571. The van der Waals surface area contributed by atoms with Crippen LogP contribution in [0.4, 0.5) is 0 Å². The number of nitrogens with one attached hydrogen (secondary N) is 1. The summed E-state index contributed by atoms with van der Waals surface area (Å²) in [5.41, 5.74) is 1.73. The lowest BCUT2D eigenvalue weighted by atomic mass is 10.2. The fourth-order valence-electron chi connectivity index (χ4n) is 1.37. The van der Waals surface area contributed by atoms with Gasteiger partial charge in [0, 0.05) is 11.9 Å². The van der Waals surface area contributed by atoms with Crippen molar-refractivity contribution in [2.24, 2.45) is 0 Å². The van der Waals surface area contributed by atoms with Gasteiger partial charge in [-0.05, 0) is 31.2 Å². The molecule has 0 radical (unpaired) electrons. The van der Waals surface area contributed by atoms with E-state index in [1.54, 1.807) is 42.6 Å². The van der Waals surface area contributed by atoms with Crippen LogP contribution in [-0.4, -0.2) is 13.4 Å². The van der Waals surface area contributed by atoms with E-state index in [4.69, 9.17) is 4.18 Å². The van der Waals surface area contributed by atoms with E-state index in [1.807, 2.05) is 6.92 Å². The third kappa shape index (κ3) is 2.95. The van der Waals surface area contributed by atoms with Gasteiger partial charge in [0.2, 0.25) is 0 Å². The summed E-state index contributed by atoms with van der Waals surface area (Å²) < 4.78 is 28.5. The molecule has 0 saturated carbocycles. The lowest BCUT2D eigenvalue weighted by Gasteiger charge is -2.04. The SMILES string of the molecule is Cc1ccc(S(=O)(=O)OCc2ccc[nH]2)cc1. The summed E-state index contributed by atoms with van der Waals surface area (Å²) in [6.45, 7) is 1.92. The first-order chi connectivity index (χ1) is 8.08. The van der Waals surface area contributed by atoms with Crippen LogP contribution in [-0.2, 0) is 20.9 Å². The minimum Gasteiger partial charge on any atom is -0.363 e. The van der Waals surface area contributed by atoms with Crippen molar-refractivity contribution in [3.63, 3.8) is 0 Å². The van der Waals surface area contributed by atoms with E-state index in [0.717, 1.165) is 11.3 Å². The highest BCUT2D eigenvalue weighted by molar-refractivity contribution is 7.86. The molecule has 0 fully saturated rings. The normalized spacial score (nSPS) is 11.6. The monoisotopic (exact) mass is 251 g/mol. The Morgan fingerprint density at radius 2 is 1.88 bits per heavy atom. The molecule has 0 saturated heterocycles. The van der Waals surface area contributed by atoms with Gasteiger partial charge in [0.15, 0.2) is 0 Å². The Balaban J connectivity index is 2.11. The fraction of sp³-hybridized carbons (Fsp3) is 0.167. The minimum absolute atomic E-state index is 0.0171. The van der Waals surface area contributed by atoms with E-state index >= 15 is 0 Å². The molecule has 0 atom stereocenters. The molecule has 17 heavy (non-hydrogen) atoms. The summed E-state index contributed by atoms with van der Waals surface area (Å²) in [5.74, 6) is 0. The molecule has 0 aliphatic carbocycles.